The zero-order chi connectivity index (χ0) is 26.6. The lowest BCUT2D eigenvalue weighted by Crippen LogP contribution is -2.50. The molecule has 0 aromatic heterocycles. The summed E-state index contributed by atoms with van der Waals surface area (Å²) in [5, 5.41) is 0.713. The van der Waals surface area contributed by atoms with Crippen LogP contribution in [-0.2, 0) is 29.5 Å². The highest BCUT2D eigenvalue weighted by Crippen LogP contribution is 2.30. The van der Waals surface area contributed by atoms with Gasteiger partial charge in [0.1, 0.15) is 13.2 Å². The Bertz CT molecular complexity index is 1050. The molecule has 12 heteroatoms. The van der Waals surface area contributed by atoms with E-state index in [0.29, 0.717) is 24.7 Å². The number of esters is 1. The second-order valence-electron chi connectivity index (χ2n) is 7.94. The van der Waals surface area contributed by atoms with Gasteiger partial charge in [-0.2, -0.15) is 8.42 Å². The van der Waals surface area contributed by atoms with Gasteiger partial charge in [0.15, 0.2) is 0 Å². The minimum atomic E-state index is -4.67. The number of rotatable bonds is 9. The standard InChI is InChI=1S/C24H29ClN2O4.H2O4S/c1-2-16-31-23(29)18-30-17-22(28)26-12-14-27(15-13-26)24(19-6-4-3-5-7-19)20-8-10-21(25)11-9-20;1-5(2,3)4/h3-11,24H,2,12-18H2,1H3;(H2,1,2,3,4)/t24-;/m1./s1. The lowest BCUT2D eigenvalue weighted by molar-refractivity contribution is -0.151. The van der Waals surface area contributed by atoms with Crippen molar-refractivity contribution in [3.63, 3.8) is 0 Å². The Morgan fingerprint density at radius 2 is 1.50 bits per heavy atom. The molecule has 0 bridgehead atoms. The van der Waals surface area contributed by atoms with Gasteiger partial charge >= 0.3 is 16.4 Å². The van der Waals surface area contributed by atoms with Crippen LogP contribution in [0.25, 0.3) is 0 Å². The Morgan fingerprint density at radius 1 is 0.944 bits per heavy atom. The smallest absolute Gasteiger partial charge is 0.394 e. The van der Waals surface area contributed by atoms with Crippen LogP contribution >= 0.6 is 11.6 Å². The third-order valence-electron chi connectivity index (χ3n) is 5.25. The van der Waals surface area contributed by atoms with Gasteiger partial charge in [0.05, 0.1) is 12.6 Å². The number of ether oxygens (including phenoxy) is 2. The van der Waals surface area contributed by atoms with E-state index in [1.165, 1.54) is 11.1 Å². The van der Waals surface area contributed by atoms with Crippen LogP contribution < -0.4 is 0 Å². The molecule has 0 saturated carbocycles. The number of carbonyl (C=O) groups excluding carboxylic acids is 2. The highest BCUT2D eigenvalue weighted by Gasteiger charge is 2.28. The first-order chi connectivity index (χ1) is 17.1. The Balaban J connectivity index is 0.000000830. The van der Waals surface area contributed by atoms with Crippen molar-refractivity contribution < 1.29 is 36.6 Å². The second-order valence-corrected chi connectivity index (χ2v) is 9.27. The molecule has 1 heterocycles. The molecule has 1 saturated heterocycles. The molecule has 2 aromatic carbocycles. The minimum Gasteiger partial charge on any atom is -0.464 e. The summed E-state index contributed by atoms with van der Waals surface area (Å²) in [6.45, 7) is 4.69. The molecule has 0 spiro atoms. The molecular weight excluding hydrogens is 512 g/mol. The van der Waals surface area contributed by atoms with Gasteiger partial charge in [-0.05, 0) is 29.7 Å². The van der Waals surface area contributed by atoms with E-state index in [1.807, 2.05) is 37.3 Å². The number of hydrogen-bond acceptors (Lipinski definition) is 7. The van der Waals surface area contributed by atoms with E-state index in [1.54, 1.807) is 4.90 Å². The molecule has 2 aromatic rings. The van der Waals surface area contributed by atoms with Crippen LogP contribution in [0.4, 0.5) is 0 Å². The van der Waals surface area contributed by atoms with Crippen molar-refractivity contribution in [2.75, 3.05) is 46.0 Å². The van der Waals surface area contributed by atoms with Crippen LogP contribution in [0.2, 0.25) is 5.02 Å². The van der Waals surface area contributed by atoms with Crippen molar-refractivity contribution in [2.45, 2.75) is 19.4 Å². The molecule has 1 amide bonds. The molecule has 36 heavy (non-hydrogen) atoms. The van der Waals surface area contributed by atoms with Gasteiger partial charge in [0, 0.05) is 31.2 Å². The molecular formula is C24H31ClN2O8S. The average Bonchev–Trinajstić information content (AvgIpc) is 2.84. The largest absolute Gasteiger partial charge is 0.464 e. The molecule has 0 aliphatic carbocycles. The predicted molar refractivity (Wildman–Crippen MR) is 134 cm³/mol. The van der Waals surface area contributed by atoms with Crippen molar-refractivity contribution >= 4 is 33.9 Å². The number of halogens is 1. The Morgan fingerprint density at radius 3 is 2.06 bits per heavy atom. The molecule has 1 aliphatic heterocycles. The highest BCUT2D eigenvalue weighted by molar-refractivity contribution is 7.79. The van der Waals surface area contributed by atoms with Gasteiger partial charge in [0.2, 0.25) is 5.91 Å². The third-order valence-corrected chi connectivity index (χ3v) is 5.50. The van der Waals surface area contributed by atoms with Gasteiger partial charge in [0.25, 0.3) is 0 Å². The van der Waals surface area contributed by atoms with Gasteiger partial charge in [-0.1, -0.05) is 61.0 Å². The first-order valence-electron chi connectivity index (χ1n) is 11.3. The number of amides is 1. The molecule has 3 rings (SSSR count). The summed E-state index contributed by atoms with van der Waals surface area (Å²) in [5.41, 5.74) is 2.38. The van der Waals surface area contributed by atoms with Crippen LogP contribution in [0.5, 0.6) is 0 Å². The summed E-state index contributed by atoms with van der Waals surface area (Å²) in [5.74, 6) is -0.543. The fraction of sp³-hybridized carbons (Fsp3) is 0.417. The van der Waals surface area contributed by atoms with Crippen molar-refractivity contribution in [1.29, 1.82) is 0 Å². The van der Waals surface area contributed by atoms with Gasteiger partial charge in [-0.15, -0.1) is 0 Å². The summed E-state index contributed by atoms with van der Waals surface area (Å²) < 4.78 is 41.8. The number of carbonyl (C=O) groups is 2. The van der Waals surface area contributed by atoms with Gasteiger partial charge < -0.3 is 14.4 Å². The maximum absolute atomic E-state index is 12.5. The molecule has 1 atom stereocenters. The zero-order valence-electron chi connectivity index (χ0n) is 20.0. The fourth-order valence-corrected chi connectivity index (χ4v) is 3.82. The summed E-state index contributed by atoms with van der Waals surface area (Å²) in [6.07, 6.45) is 0.759. The number of nitrogens with zero attached hydrogens (tertiary/aromatic N) is 2. The summed E-state index contributed by atoms with van der Waals surface area (Å²) in [6, 6.07) is 18.4. The van der Waals surface area contributed by atoms with E-state index in [4.69, 9.17) is 38.6 Å². The van der Waals surface area contributed by atoms with Crippen molar-refractivity contribution in [1.82, 2.24) is 9.80 Å². The van der Waals surface area contributed by atoms with Crippen molar-refractivity contribution in [2.24, 2.45) is 0 Å². The van der Waals surface area contributed by atoms with Gasteiger partial charge in [-0.25, -0.2) is 4.79 Å². The fourth-order valence-electron chi connectivity index (χ4n) is 3.69. The maximum Gasteiger partial charge on any atom is 0.394 e. The predicted octanol–water partition coefficient (Wildman–Crippen LogP) is 2.89. The molecule has 0 unspecified atom stereocenters. The van der Waals surface area contributed by atoms with Crippen LogP contribution in [0.15, 0.2) is 54.6 Å². The lowest BCUT2D eigenvalue weighted by atomic mass is 9.96. The van der Waals surface area contributed by atoms with E-state index in [2.05, 4.69) is 29.2 Å². The molecule has 2 N–H and O–H groups in total. The second kappa shape index (κ2) is 14.9. The molecule has 198 valence electrons. The lowest BCUT2D eigenvalue weighted by Gasteiger charge is -2.39. The van der Waals surface area contributed by atoms with E-state index in [-0.39, 0.29) is 25.2 Å². The molecule has 0 radical (unpaired) electrons. The first kappa shape index (κ1) is 29.7. The zero-order valence-corrected chi connectivity index (χ0v) is 21.5. The number of benzene rings is 2. The van der Waals surface area contributed by atoms with Crippen LogP contribution in [0.1, 0.15) is 30.5 Å². The molecule has 1 fully saturated rings. The average molecular weight is 543 g/mol. The first-order valence-corrected chi connectivity index (χ1v) is 13.1. The van der Waals surface area contributed by atoms with Crippen LogP contribution in [0.3, 0.4) is 0 Å². The molecule has 1 aliphatic rings. The van der Waals surface area contributed by atoms with E-state index < -0.39 is 16.4 Å². The van der Waals surface area contributed by atoms with Crippen molar-refractivity contribution in [3.05, 3.63) is 70.7 Å². The summed E-state index contributed by atoms with van der Waals surface area (Å²) >= 11 is 6.09. The Labute approximate surface area is 216 Å². The quantitative estimate of drug-likeness (QED) is 0.362. The monoisotopic (exact) mass is 542 g/mol. The summed E-state index contributed by atoms with van der Waals surface area (Å²) in [7, 11) is -4.67. The van der Waals surface area contributed by atoms with Crippen LogP contribution in [0, 0.1) is 0 Å². The van der Waals surface area contributed by atoms with E-state index in [0.717, 1.165) is 19.5 Å². The Kier molecular flexibility index (Phi) is 12.3. The van der Waals surface area contributed by atoms with Crippen LogP contribution in [-0.4, -0.2) is 85.2 Å². The number of hydrogen-bond donors (Lipinski definition) is 2. The Hall–Kier alpha value is -2.54. The third kappa shape index (κ3) is 11.0. The summed E-state index contributed by atoms with van der Waals surface area (Å²) in [4.78, 5) is 28.1. The highest BCUT2D eigenvalue weighted by atomic mass is 35.5. The SMILES string of the molecule is CCCOC(=O)COCC(=O)N1CCN([C@H](c2ccccc2)c2ccc(Cl)cc2)CC1.O=S(=O)(O)O. The topological polar surface area (TPSA) is 134 Å². The van der Waals surface area contributed by atoms with Crippen molar-refractivity contribution in [3.8, 4) is 0 Å². The molecule has 10 nitrogen and oxygen atoms in total. The number of piperazine rings is 1. The normalized spacial score (nSPS) is 14.9. The van der Waals surface area contributed by atoms with Gasteiger partial charge in [-0.3, -0.25) is 18.8 Å². The van der Waals surface area contributed by atoms with E-state index >= 15 is 0 Å². The minimum absolute atomic E-state index is 0.0975. The van der Waals surface area contributed by atoms with E-state index in [9.17, 15) is 9.59 Å². The maximum atomic E-state index is 12.5.